The lowest BCUT2D eigenvalue weighted by Gasteiger charge is -2.28. The first-order chi connectivity index (χ1) is 15.7. The van der Waals surface area contributed by atoms with Gasteiger partial charge in [0.25, 0.3) is 0 Å². The summed E-state index contributed by atoms with van der Waals surface area (Å²) in [5, 5.41) is 0. The summed E-state index contributed by atoms with van der Waals surface area (Å²) in [6, 6.07) is 17.9. The highest BCUT2D eigenvalue weighted by Gasteiger charge is 2.39. The van der Waals surface area contributed by atoms with E-state index in [4.69, 9.17) is 18.0 Å². The summed E-state index contributed by atoms with van der Waals surface area (Å²) in [5.74, 6) is 1.03. The van der Waals surface area contributed by atoms with Crippen LogP contribution >= 0.6 is 0 Å². The number of hydrogen-bond donors (Lipinski definition) is 0. The Morgan fingerprint density at radius 2 is 1.47 bits per heavy atom. The lowest BCUT2D eigenvalue weighted by atomic mass is 9.88. The van der Waals surface area contributed by atoms with Crippen molar-refractivity contribution >= 4 is 20.5 Å². The molecule has 0 saturated heterocycles. The first-order valence-electron chi connectivity index (χ1n) is 12.1. The number of allylic oxidation sites excluding steroid dienone is 1. The second-order valence-corrected chi connectivity index (χ2v) is 10.7. The Morgan fingerprint density at radius 3 is 2.16 bits per heavy atom. The maximum Gasteiger partial charge on any atom is 0.500 e. The molecular formula is C27H38O4Si. The van der Waals surface area contributed by atoms with E-state index in [1.165, 1.54) is 22.3 Å². The number of unbranched alkanes of at least 4 members (excludes halogenated alkanes) is 2. The van der Waals surface area contributed by atoms with Gasteiger partial charge in [0.2, 0.25) is 0 Å². The normalized spacial score (nSPS) is 13.5. The Labute approximate surface area is 194 Å². The van der Waals surface area contributed by atoms with Crippen molar-refractivity contribution in [3.63, 3.8) is 0 Å². The van der Waals surface area contributed by atoms with Crippen LogP contribution in [0, 0.1) is 0 Å². The van der Waals surface area contributed by atoms with Crippen LogP contribution < -0.4 is 4.74 Å². The molecule has 2 aromatic carbocycles. The SMILES string of the molecule is CCO[Si](CCCCCOc1cccc2c1CCC(c1ccccc1)=C2)(OCC)OCC. The van der Waals surface area contributed by atoms with Crippen LogP contribution in [0.4, 0.5) is 0 Å². The first kappa shape index (κ1) is 24.7. The van der Waals surface area contributed by atoms with Crippen molar-refractivity contribution in [3.05, 3.63) is 65.2 Å². The molecule has 0 spiro atoms. The van der Waals surface area contributed by atoms with Gasteiger partial charge in [-0.2, -0.15) is 0 Å². The van der Waals surface area contributed by atoms with Crippen LogP contribution in [0.5, 0.6) is 5.75 Å². The van der Waals surface area contributed by atoms with Gasteiger partial charge in [-0.1, -0.05) is 55.0 Å². The standard InChI is InChI=1S/C27H38O4Si/c1-4-29-32(30-5-2,31-6-3)21-12-8-11-20-28-27-17-13-16-25-22-24(18-19-26(25)27)23-14-9-7-10-15-23/h7,9-10,13-17,22H,4-6,8,11-12,18-21H2,1-3H3. The van der Waals surface area contributed by atoms with Crippen LogP contribution in [0.2, 0.25) is 6.04 Å². The van der Waals surface area contributed by atoms with Crippen LogP contribution in [0.15, 0.2) is 48.5 Å². The fourth-order valence-electron chi connectivity index (χ4n) is 4.32. The molecule has 0 unspecified atom stereocenters. The molecule has 32 heavy (non-hydrogen) atoms. The summed E-state index contributed by atoms with van der Waals surface area (Å²) in [6.45, 7) is 8.65. The van der Waals surface area contributed by atoms with Crippen molar-refractivity contribution < 1.29 is 18.0 Å². The van der Waals surface area contributed by atoms with E-state index in [1.807, 2.05) is 20.8 Å². The second kappa shape index (κ2) is 12.9. The first-order valence-corrected chi connectivity index (χ1v) is 14.1. The summed E-state index contributed by atoms with van der Waals surface area (Å²) in [7, 11) is -2.52. The van der Waals surface area contributed by atoms with Crippen LogP contribution in [-0.4, -0.2) is 35.2 Å². The van der Waals surface area contributed by atoms with Gasteiger partial charge in [-0.05, 0) is 69.2 Å². The van der Waals surface area contributed by atoms with Gasteiger partial charge < -0.3 is 18.0 Å². The molecule has 3 rings (SSSR count). The molecule has 0 saturated carbocycles. The van der Waals surface area contributed by atoms with Crippen molar-refractivity contribution in [1.29, 1.82) is 0 Å². The van der Waals surface area contributed by atoms with E-state index in [1.54, 1.807) is 0 Å². The average Bonchev–Trinajstić information content (AvgIpc) is 2.82. The Hall–Kier alpha value is -1.92. The Balaban J connectivity index is 1.50. The summed E-state index contributed by atoms with van der Waals surface area (Å²) in [4.78, 5) is 0. The molecule has 0 heterocycles. The number of benzene rings is 2. The zero-order chi connectivity index (χ0) is 22.7. The quantitative estimate of drug-likeness (QED) is 0.233. The molecule has 1 aliphatic carbocycles. The zero-order valence-corrected chi connectivity index (χ0v) is 20.9. The molecule has 0 aromatic heterocycles. The van der Waals surface area contributed by atoms with Gasteiger partial charge in [-0.15, -0.1) is 0 Å². The van der Waals surface area contributed by atoms with Crippen LogP contribution in [0.25, 0.3) is 11.6 Å². The predicted molar refractivity (Wildman–Crippen MR) is 134 cm³/mol. The highest BCUT2D eigenvalue weighted by atomic mass is 28.4. The Morgan fingerprint density at radius 1 is 0.750 bits per heavy atom. The van der Waals surface area contributed by atoms with Crippen LogP contribution in [0.3, 0.4) is 0 Å². The van der Waals surface area contributed by atoms with Gasteiger partial charge in [0.05, 0.1) is 6.61 Å². The monoisotopic (exact) mass is 454 g/mol. The smallest absolute Gasteiger partial charge is 0.493 e. The van der Waals surface area contributed by atoms with Crippen molar-refractivity contribution in [2.45, 2.75) is 58.9 Å². The van der Waals surface area contributed by atoms with E-state index in [0.29, 0.717) is 19.8 Å². The lowest BCUT2D eigenvalue weighted by Crippen LogP contribution is -2.45. The third-order valence-electron chi connectivity index (χ3n) is 5.77. The zero-order valence-electron chi connectivity index (χ0n) is 19.9. The predicted octanol–water partition coefficient (Wildman–Crippen LogP) is 6.77. The number of ether oxygens (including phenoxy) is 1. The summed E-state index contributed by atoms with van der Waals surface area (Å²) >= 11 is 0. The van der Waals surface area contributed by atoms with Crippen molar-refractivity contribution in [2.75, 3.05) is 26.4 Å². The molecule has 4 nitrogen and oxygen atoms in total. The topological polar surface area (TPSA) is 36.9 Å². The molecule has 5 heteroatoms. The molecule has 0 radical (unpaired) electrons. The molecule has 2 aromatic rings. The lowest BCUT2D eigenvalue weighted by molar-refractivity contribution is 0.0705. The fourth-order valence-corrected chi connectivity index (χ4v) is 7.01. The van der Waals surface area contributed by atoms with Gasteiger partial charge in [-0.3, -0.25) is 0 Å². The molecule has 0 aliphatic heterocycles. The highest BCUT2D eigenvalue weighted by molar-refractivity contribution is 6.60. The van der Waals surface area contributed by atoms with Gasteiger partial charge in [0, 0.05) is 31.4 Å². The van der Waals surface area contributed by atoms with E-state index in [-0.39, 0.29) is 0 Å². The number of rotatable bonds is 14. The van der Waals surface area contributed by atoms with Crippen LogP contribution in [0.1, 0.15) is 63.1 Å². The van der Waals surface area contributed by atoms with E-state index in [0.717, 1.165) is 50.5 Å². The van der Waals surface area contributed by atoms with Gasteiger partial charge in [0.15, 0.2) is 0 Å². The Bertz CT molecular complexity index is 833. The molecule has 0 atom stereocenters. The summed E-state index contributed by atoms with van der Waals surface area (Å²) < 4.78 is 24.0. The number of hydrogen-bond acceptors (Lipinski definition) is 4. The van der Waals surface area contributed by atoms with Gasteiger partial charge in [-0.25, -0.2) is 0 Å². The third-order valence-corrected chi connectivity index (χ3v) is 8.92. The maximum absolute atomic E-state index is 6.21. The van der Waals surface area contributed by atoms with E-state index in [2.05, 4.69) is 54.6 Å². The molecule has 0 bridgehead atoms. The minimum Gasteiger partial charge on any atom is -0.493 e. The third kappa shape index (κ3) is 6.79. The van der Waals surface area contributed by atoms with Crippen molar-refractivity contribution in [2.24, 2.45) is 0 Å². The van der Waals surface area contributed by atoms with E-state index in [9.17, 15) is 0 Å². The van der Waals surface area contributed by atoms with Crippen LogP contribution in [-0.2, 0) is 19.7 Å². The summed E-state index contributed by atoms with van der Waals surface area (Å²) in [6.07, 6.45) is 7.53. The Kier molecular flexibility index (Phi) is 10.00. The molecule has 0 fully saturated rings. The highest BCUT2D eigenvalue weighted by Crippen LogP contribution is 2.35. The van der Waals surface area contributed by atoms with E-state index < -0.39 is 8.80 Å². The molecule has 0 amide bonds. The second-order valence-electron chi connectivity index (χ2n) is 8.00. The minimum atomic E-state index is -2.52. The number of fused-ring (bicyclic) bond motifs is 1. The fraction of sp³-hybridized carbons (Fsp3) is 0.481. The van der Waals surface area contributed by atoms with Gasteiger partial charge >= 0.3 is 8.80 Å². The largest absolute Gasteiger partial charge is 0.500 e. The average molecular weight is 455 g/mol. The molecule has 1 aliphatic rings. The summed E-state index contributed by atoms with van der Waals surface area (Å²) in [5.41, 5.74) is 5.34. The minimum absolute atomic E-state index is 0.634. The van der Waals surface area contributed by atoms with Crippen molar-refractivity contribution in [1.82, 2.24) is 0 Å². The molecular weight excluding hydrogens is 416 g/mol. The molecule has 174 valence electrons. The van der Waals surface area contributed by atoms with E-state index >= 15 is 0 Å². The maximum atomic E-state index is 6.21. The van der Waals surface area contributed by atoms with Crippen molar-refractivity contribution in [3.8, 4) is 5.75 Å². The van der Waals surface area contributed by atoms with Gasteiger partial charge in [0.1, 0.15) is 5.75 Å². The molecule has 0 N–H and O–H groups in total.